The summed E-state index contributed by atoms with van der Waals surface area (Å²) in [6.07, 6.45) is 2.31. The summed E-state index contributed by atoms with van der Waals surface area (Å²) in [5, 5.41) is 2.89. The van der Waals surface area contributed by atoms with Gasteiger partial charge in [0.1, 0.15) is 23.9 Å². The summed E-state index contributed by atoms with van der Waals surface area (Å²) in [6.45, 7) is 6.17. The van der Waals surface area contributed by atoms with Crippen molar-refractivity contribution in [3.8, 4) is 17.2 Å². The third-order valence-electron chi connectivity index (χ3n) is 4.38. The third kappa shape index (κ3) is 5.39. The quantitative estimate of drug-likeness (QED) is 0.697. The predicted molar refractivity (Wildman–Crippen MR) is 108 cm³/mol. The topological polar surface area (TPSA) is 66.0 Å². The predicted octanol–water partition coefficient (Wildman–Crippen LogP) is 4.29. The molecule has 1 amide bonds. The minimum atomic E-state index is -0.237. The molecule has 1 fully saturated rings. The van der Waals surface area contributed by atoms with Gasteiger partial charge in [0.05, 0.1) is 24.9 Å². The number of hydrogen-bond donors (Lipinski definition) is 1. The minimum Gasteiger partial charge on any atom is -0.494 e. The van der Waals surface area contributed by atoms with Gasteiger partial charge in [-0.15, -0.1) is 0 Å². The monoisotopic (exact) mass is 385 g/mol. The second-order valence-corrected chi connectivity index (χ2v) is 6.45. The molecule has 1 heterocycles. The molecule has 1 aliphatic heterocycles. The van der Waals surface area contributed by atoms with Crippen LogP contribution in [0.1, 0.15) is 37.0 Å². The molecule has 150 valence electrons. The molecule has 0 unspecified atom stereocenters. The Kier molecular flexibility index (Phi) is 7.14. The molecule has 6 nitrogen and oxygen atoms in total. The van der Waals surface area contributed by atoms with E-state index in [9.17, 15) is 4.79 Å². The zero-order valence-electron chi connectivity index (χ0n) is 16.4. The second kappa shape index (κ2) is 9.99. The van der Waals surface area contributed by atoms with Gasteiger partial charge in [0.2, 0.25) is 0 Å². The first kappa shape index (κ1) is 20.0. The van der Waals surface area contributed by atoms with Gasteiger partial charge in [-0.3, -0.25) is 4.79 Å². The van der Waals surface area contributed by atoms with Crippen LogP contribution in [0.25, 0.3) is 0 Å². The Morgan fingerprint density at radius 2 is 1.79 bits per heavy atom. The lowest BCUT2D eigenvalue weighted by atomic mass is 10.1. The molecule has 1 N–H and O–H groups in total. The number of carbonyl (C=O) groups is 1. The first-order valence-corrected chi connectivity index (χ1v) is 9.75. The van der Waals surface area contributed by atoms with Crippen LogP contribution in [0.15, 0.2) is 42.5 Å². The molecule has 1 atom stereocenters. The van der Waals surface area contributed by atoms with Crippen molar-refractivity contribution < 1.29 is 23.7 Å². The van der Waals surface area contributed by atoms with Crippen LogP contribution in [0.2, 0.25) is 0 Å². The van der Waals surface area contributed by atoms with Crippen molar-refractivity contribution in [1.29, 1.82) is 0 Å². The standard InChI is InChI=1S/C22H27NO5/c1-3-25-18-11-12-20(21(14-18)26-4-2)22(24)23-16-7-9-17(10-8-16)28-15-19-6-5-13-27-19/h7-12,14,19H,3-6,13,15H2,1-2H3,(H,23,24)/t19-/m1/s1. The summed E-state index contributed by atoms with van der Waals surface area (Å²) in [6, 6.07) is 12.5. The first-order chi connectivity index (χ1) is 13.7. The smallest absolute Gasteiger partial charge is 0.259 e. The molecule has 6 heteroatoms. The maximum absolute atomic E-state index is 12.7. The number of ether oxygens (including phenoxy) is 4. The Hall–Kier alpha value is -2.73. The fraction of sp³-hybridized carbons (Fsp3) is 0.409. The summed E-state index contributed by atoms with van der Waals surface area (Å²) < 4.78 is 22.4. The second-order valence-electron chi connectivity index (χ2n) is 6.45. The number of carbonyl (C=O) groups excluding carboxylic acids is 1. The van der Waals surface area contributed by atoms with Crippen molar-refractivity contribution in [1.82, 2.24) is 0 Å². The number of benzene rings is 2. The molecule has 0 spiro atoms. The first-order valence-electron chi connectivity index (χ1n) is 9.75. The lowest BCUT2D eigenvalue weighted by molar-refractivity contribution is 0.0679. The molecule has 1 aliphatic rings. The van der Waals surface area contributed by atoms with E-state index < -0.39 is 0 Å². The number of hydrogen-bond acceptors (Lipinski definition) is 5. The van der Waals surface area contributed by atoms with Gasteiger partial charge in [0.25, 0.3) is 5.91 Å². The van der Waals surface area contributed by atoms with Gasteiger partial charge in [-0.25, -0.2) is 0 Å². The van der Waals surface area contributed by atoms with E-state index in [4.69, 9.17) is 18.9 Å². The molecule has 1 saturated heterocycles. The zero-order valence-corrected chi connectivity index (χ0v) is 16.4. The van der Waals surface area contributed by atoms with Gasteiger partial charge in [0, 0.05) is 18.4 Å². The van der Waals surface area contributed by atoms with E-state index in [1.807, 2.05) is 38.1 Å². The highest BCUT2D eigenvalue weighted by molar-refractivity contribution is 6.06. The van der Waals surface area contributed by atoms with Crippen LogP contribution >= 0.6 is 0 Å². The summed E-state index contributed by atoms with van der Waals surface area (Å²) in [4.78, 5) is 12.7. The van der Waals surface area contributed by atoms with E-state index in [-0.39, 0.29) is 12.0 Å². The lowest BCUT2D eigenvalue weighted by Crippen LogP contribution is -2.16. The Bertz CT molecular complexity index is 769. The van der Waals surface area contributed by atoms with Gasteiger partial charge in [-0.05, 0) is 63.1 Å². The minimum absolute atomic E-state index is 0.177. The van der Waals surface area contributed by atoms with Crippen molar-refractivity contribution in [2.45, 2.75) is 32.8 Å². The van der Waals surface area contributed by atoms with Crippen molar-refractivity contribution in [2.24, 2.45) is 0 Å². The van der Waals surface area contributed by atoms with Crippen LogP contribution in [0.4, 0.5) is 5.69 Å². The van der Waals surface area contributed by atoms with E-state index in [1.54, 1.807) is 18.2 Å². The van der Waals surface area contributed by atoms with Gasteiger partial charge < -0.3 is 24.3 Å². The normalized spacial score (nSPS) is 15.9. The number of nitrogens with one attached hydrogen (secondary N) is 1. The molecule has 0 saturated carbocycles. The molecule has 0 bridgehead atoms. The van der Waals surface area contributed by atoms with Gasteiger partial charge in [-0.2, -0.15) is 0 Å². The SMILES string of the molecule is CCOc1ccc(C(=O)Nc2ccc(OC[C@H]3CCCO3)cc2)c(OCC)c1. The van der Waals surface area contributed by atoms with E-state index >= 15 is 0 Å². The highest BCUT2D eigenvalue weighted by Gasteiger charge is 2.16. The van der Waals surface area contributed by atoms with Gasteiger partial charge in [-0.1, -0.05) is 0 Å². The third-order valence-corrected chi connectivity index (χ3v) is 4.38. The summed E-state index contributed by atoms with van der Waals surface area (Å²) in [5.74, 6) is 1.70. The molecule has 0 aromatic heterocycles. The van der Waals surface area contributed by atoms with E-state index in [0.29, 0.717) is 42.6 Å². The van der Waals surface area contributed by atoms with Crippen LogP contribution in [0, 0.1) is 0 Å². The molecule has 0 aliphatic carbocycles. The Labute approximate surface area is 165 Å². The largest absolute Gasteiger partial charge is 0.494 e. The lowest BCUT2D eigenvalue weighted by Gasteiger charge is -2.14. The fourth-order valence-electron chi connectivity index (χ4n) is 3.02. The zero-order chi connectivity index (χ0) is 19.8. The Morgan fingerprint density at radius 1 is 1.04 bits per heavy atom. The molecule has 28 heavy (non-hydrogen) atoms. The molecule has 3 rings (SSSR count). The number of amides is 1. The molecule has 2 aromatic carbocycles. The van der Waals surface area contributed by atoms with Crippen molar-refractivity contribution in [2.75, 3.05) is 31.7 Å². The van der Waals surface area contributed by atoms with E-state index in [0.717, 1.165) is 25.2 Å². The summed E-state index contributed by atoms with van der Waals surface area (Å²) in [5.41, 5.74) is 1.15. The van der Waals surface area contributed by atoms with Crippen LogP contribution in [0.5, 0.6) is 17.2 Å². The summed E-state index contributed by atoms with van der Waals surface area (Å²) in [7, 11) is 0. The van der Waals surface area contributed by atoms with Crippen LogP contribution in [0.3, 0.4) is 0 Å². The molecule has 0 radical (unpaired) electrons. The van der Waals surface area contributed by atoms with Crippen molar-refractivity contribution >= 4 is 11.6 Å². The van der Waals surface area contributed by atoms with Crippen LogP contribution in [-0.4, -0.2) is 38.4 Å². The fourth-order valence-corrected chi connectivity index (χ4v) is 3.02. The van der Waals surface area contributed by atoms with Gasteiger partial charge >= 0.3 is 0 Å². The van der Waals surface area contributed by atoms with Crippen molar-refractivity contribution in [3.05, 3.63) is 48.0 Å². The van der Waals surface area contributed by atoms with Crippen LogP contribution in [-0.2, 0) is 4.74 Å². The Balaban J connectivity index is 1.61. The molecular formula is C22H27NO5. The highest BCUT2D eigenvalue weighted by Crippen LogP contribution is 2.26. The van der Waals surface area contributed by atoms with E-state index in [2.05, 4.69) is 5.32 Å². The molecule has 2 aromatic rings. The number of rotatable bonds is 9. The van der Waals surface area contributed by atoms with E-state index in [1.165, 1.54) is 0 Å². The highest BCUT2D eigenvalue weighted by atomic mass is 16.5. The average Bonchev–Trinajstić information content (AvgIpc) is 3.22. The average molecular weight is 385 g/mol. The number of anilines is 1. The van der Waals surface area contributed by atoms with Crippen LogP contribution < -0.4 is 19.5 Å². The summed E-state index contributed by atoms with van der Waals surface area (Å²) >= 11 is 0. The Morgan fingerprint density at radius 3 is 2.46 bits per heavy atom. The van der Waals surface area contributed by atoms with Crippen molar-refractivity contribution in [3.63, 3.8) is 0 Å². The van der Waals surface area contributed by atoms with Gasteiger partial charge in [0.15, 0.2) is 0 Å². The maximum atomic E-state index is 12.7. The molecular weight excluding hydrogens is 358 g/mol. The maximum Gasteiger partial charge on any atom is 0.259 e.